The van der Waals surface area contributed by atoms with Crippen LogP contribution < -0.4 is 107 Å². The SMILES string of the molecule is CC[C@H](C)[C@H](NC(=O)N(CCC(=O)O)NC(=O)[C@H](C)NC(=O)[C@H](Cc1c[nH]cn1)NC(=O)[C@H](C)NC(=O)[C@H](C)NC(=O)[C@H](Cc1c[nH]cn1)NC(=O)[C@@H](NC(=O)[C@H](C)NC(=O)[C@H](CCC(N)=O)NC(=O)c1ccc2c(c1)C(=O)OC21c2ccc(O)cc2Oc2cc(O)ccc21)C(C)C)C(=O)N[C@@H](CC(N)=O)C(=O)N[C@@H](CCC(=O)O)C(=O)N[C@@H](C)C(=O)NCC(=O)N[C@@H](CCCNC(=N)N)C(=O)O. The van der Waals surface area contributed by atoms with Crippen molar-refractivity contribution in [3.63, 3.8) is 0 Å². The number of hydrazine groups is 1. The van der Waals surface area contributed by atoms with Gasteiger partial charge in [-0.05, 0) is 109 Å². The first-order valence-electron chi connectivity index (χ1n) is 43.3. The zero-order valence-electron chi connectivity index (χ0n) is 76.3. The zero-order chi connectivity index (χ0) is 102. The maximum absolute atomic E-state index is 14.3. The van der Waals surface area contributed by atoms with Crippen LogP contribution in [0.2, 0.25) is 0 Å². The lowest BCUT2D eigenvalue weighted by Gasteiger charge is -2.36. The minimum Gasteiger partial charge on any atom is -0.508 e. The van der Waals surface area contributed by atoms with Crippen LogP contribution in [0.1, 0.15) is 169 Å². The zero-order valence-corrected chi connectivity index (χ0v) is 76.3. The summed E-state index contributed by atoms with van der Waals surface area (Å²) >= 11 is 0. The number of nitrogens with two attached hydrogens (primary N) is 3. The maximum Gasteiger partial charge on any atom is 0.340 e. The molecule has 2 aromatic heterocycles. The molecule has 0 aliphatic carbocycles. The van der Waals surface area contributed by atoms with E-state index in [0.29, 0.717) is 16.1 Å². The first-order valence-corrected chi connectivity index (χ1v) is 43.3. The number of aromatic nitrogens is 4. The Kier molecular flexibility index (Phi) is 39.3. The number of phenols is 2. The van der Waals surface area contributed by atoms with E-state index >= 15 is 0 Å². The molecule has 0 saturated heterocycles. The third-order valence-electron chi connectivity index (χ3n) is 21.7. The lowest BCUT2D eigenvalue weighted by atomic mass is 9.77. The Morgan fingerprint density at radius 2 is 0.942 bits per heavy atom. The van der Waals surface area contributed by atoms with Crippen molar-refractivity contribution >= 4 is 130 Å². The minimum atomic E-state index is -2.00. The summed E-state index contributed by atoms with van der Waals surface area (Å²) in [7, 11) is 0. The number of esters is 1. The van der Waals surface area contributed by atoms with Crippen LogP contribution in [0.15, 0.2) is 79.6 Å². The Bertz CT molecular complexity index is 5350. The van der Waals surface area contributed by atoms with Gasteiger partial charge in [0, 0.05) is 79.0 Å². The third-order valence-corrected chi connectivity index (χ3v) is 21.7. The average molecular weight is 1930 g/mol. The second-order valence-corrected chi connectivity index (χ2v) is 32.8. The molecule has 0 fully saturated rings. The second-order valence-electron chi connectivity index (χ2n) is 32.8. The molecule has 53 heteroatoms. The van der Waals surface area contributed by atoms with Gasteiger partial charge in [-0.15, -0.1) is 0 Å². The number of carbonyl (C=O) groups excluding carboxylic acids is 18. The molecule has 4 heterocycles. The van der Waals surface area contributed by atoms with E-state index in [1.807, 2.05) is 0 Å². The Morgan fingerprint density at radius 1 is 0.478 bits per heavy atom. The highest BCUT2D eigenvalue weighted by Crippen LogP contribution is 2.57. The average Bonchev–Trinajstić information content (AvgIpc) is 1.52. The fraction of sp³-hybridized carbons (Fsp3) is 0.459. The molecule has 1 spiro atoms. The number of carboxylic acids is 3. The number of H-pyrrole nitrogens is 2. The number of hydrogen-bond acceptors (Lipinski definition) is 28. The summed E-state index contributed by atoms with van der Waals surface area (Å²) in [6.07, 6.45) is 0.456. The van der Waals surface area contributed by atoms with Crippen molar-refractivity contribution in [1.29, 1.82) is 5.41 Å². The predicted molar refractivity (Wildman–Crippen MR) is 476 cm³/mol. The topological polar surface area (TPSA) is 833 Å². The highest BCUT2D eigenvalue weighted by Gasteiger charge is 2.54. The number of guanidine groups is 1. The van der Waals surface area contributed by atoms with Gasteiger partial charge in [0.05, 0.1) is 55.5 Å². The van der Waals surface area contributed by atoms with E-state index in [2.05, 4.69) is 105 Å². The van der Waals surface area contributed by atoms with Crippen LogP contribution in [0.5, 0.6) is 23.0 Å². The molecule has 0 unspecified atom stereocenters. The van der Waals surface area contributed by atoms with Gasteiger partial charge in [0.1, 0.15) is 102 Å². The van der Waals surface area contributed by atoms with Gasteiger partial charge in [0.25, 0.3) is 11.8 Å². The van der Waals surface area contributed by atoms with E-state index in [1.165, 1.54) is 121 Å². The number of carboxylic acid groups (broad SMARTS) is 3. The summed E-state index contributed by atoms with van der Waals surface area (Å²) in [6.45, 7) is 10.4. The van der Waals surface area contributed by atoms with Crippen molar-refractivity contribution in [2.75, 3.05) is 19.6 Å². The molecule has 3 aromatic carbocycles. The molecule has 2 aliphatic rings. The standard InChI is InChI=1S/C85H113N25O28/c1-10-38(4)67(80(132)106-58(31-62(87)114)78(130)103-54(20-22-64(116)117)75(127)97-39(5)68(120)93-34-63(115)101-55(81(133)134)12-11-24-92-83(88)89)108-84(136)110(25-23-65(118)119)109-72(124)43(9)100-76(128)56(27-45-32-90-35-94-45)104-70(122)41(7)96-69(121)40(6)99-77(129)57(28-46-33-91-36-95-46)105-79(131)66(37(2)3)107-71(123)42(8)98-74(126)53(19-21-61(86)113)102-73(125)44-13-16-50-49(26-44)82(135)138-85(50)51-17-14-47(111)29-59(51)137-60-30-48(112)15-18-52(60)85/h13-18,26,29-30,32-33,35-43,53-58,66-67,111-112H,10-12,19-25,27-28,31,34H2,1-9H3,(H2,86,113)(H2,87,114)(H,90,94)(H,91,95)(H,93,120)(H,96,121)(H,97,127)(H,98,126)(H,99,129)(H,100,128)(H,101,115)(H,102,125)(H,103,130)(H,104,122)(H,105,131)(H,106,132)(H,107,123)(H,108,136)(H,109,124)(H,116,117)(H,118,119)(H,133,134)(H4,88,89,92)/t38-,39-,40-,41-,42-,43-,53-,54-,55-,56-,57-,58-,66-,67-/m0/s1. The molecule has 0 saturated carbocycles. The summed E-state index contributed by atoms with van der Waals surface area (Å²) < 4.78 is 12.1. The molecule has 0 bridgehead atoms. The van der Waals surface area contributed by atoms with E-state index in [-0.39, 0.29) is 89.3 Å². The molecule has 138 heavy (non-hydrogen) atoms. The molecular formula is C85H113N25O28. The van der Waals surface area contributed by atoms with Gasteiger partial charge in [0.15, 0.2) is 11.6 Å². The van der Waals surface area contributed by atoms with E-state index < -0.39 is 278 Å². The Balaban J connectivity index is 0.950. The van der Waals surface area contributed by atoms with Crippen molar-refractivity contribution in [3.05, 3.63) is 119 Å². The number of aliphatic carboxylic acids is 3. The van der Waals surface area contributed by atoms with Crippen LogP contribution in [0.4, 0.5) is 4.79 Å². The number of primary amides is 2. The number of amides is 18. The van der Waals surface area contributed by atoms with Crippen molar-refractivity contribution in [2.24, 2.45) is 29.0 Å². The van der Waals surface area contributed by atoms with Crippen LogP contribution in [0, 0.1) is 17.2 Å². The van der Waals surface area contributed by atoms with Gasteiger partial charge in [-0.2, -0.15) is 0 Å². The summed E-state index contributed by atoms with van der Waals surface area (Å²) in [5, 5.41) is 92.8. The highest BCUT2D eigenvalue weighted by atomic mass is 16.6. The molecular weight excluding hydrogens is 1820 g/mol. The molecule has 0 radical (unpaired) electrons. The van der Waals surface area contributed by atoms with E-state index in [4.69, 9.17) is 32.1 Å². The fourth-order valence-electron chi connectivity index (χ4n) is 14.0. The quantitative estimate of drug-likeness (QED) is 0.00567. The first-order chi connectivity index (χ1) is 65.0. The van der Waals surface area contributed by atoms with Crippen molar-refractivity contribution in [1.82, 2.24) is 110 Å². The largest absolute Gasteiger partial charge is 0.508 e. The Labute approximate surface area is 786 Å². The fourth-order valence-corrected chi connectivity index (χ4v) is 14.0. The van der Waals surface area contributed by atoms with E-state index in [0.717, 1.165) is 13.8 Å². The number of hydrogen-bond donors (Lipinski definition) is 27. The molecule has 30 N–H and O–H groups in total. The molecule has 2 aliphatic heterocycles. The van der Waals surface area contributed by atoms with Gasteiger partial charge >= 0.3 is 29.9 Å². The number of aromatic amines is 2. The van der Waals surface area contributed by atoms with Crippen LogP contribution >= 0.6 is 0 Å². The normalized spacial score (nSPS) is 14.9. The number of rotatable bonds is 51. The molecule has 7 rings (SSSR count). The van der Waals surface area contributed by atoms with Crippen LogP contribution in [-0.2, 0) is 109 Å². The lowest BCUT2D eigenvalue weighted by molar-refractivity contribution is -0.142. The number of nitrogens with zero attached hydrogens (tertiary/aromatic N) is 3. The molecule has 746 valence electrons. The molecule has 18 amide bonds. The number of carbonyl (C=O) groups is 21. The first kappa shape index (κ1) is 108. The predicted octanol–water partition coefficient (Wildman–Crippen LogP) is -5.81. The van der Waals surface area contributed by atoms with Crippen LogP contribution in [0.3, 0.4) is 0 Å². The van der Waals surface area contributed by atoms with Gasteiger partial charge < -0.3 is 142 Å². The second kappa shape index (κ2) is 50.0. The number of fused-ring (bicyclic) bond motifs is 6. The molecule has 53 nitrogen and oxygen atoms in total. The summed E-state index contributed by atoms with van der Waals surface area (Å²) in [5.74, 6) is -24.5. The van der Waals surface area contributed by atoms with Crippen LogP contribution in [0.25, 0.3) is 0 Å². The van der Waals surface area contributed by atoms with E-state index in [9.17, 15) is 126 Å². The number of urea groups is 1. The monoisotopic (exact) mass is 1930 g/mol. The summed E-state index contributed by atoms with van der Waals surface area (Å²) in [4.78, 5) is 296. The maximum atomic E-state index is 14.3. The van der Waals surface area contributed by atoms with Gasteiger partial charge in [0.2, 0.25) is 82.7 Å². The third kappa shape index (κ3) is 31.0. The summed E-state index contributed by atoms with van der Waals surface area (Å²) in [6, 6.07) is -10.1. The Hall–Kier alpha value is -16.6. The number of aromatic hydroxyl groups is 2. The number of benzene rings is 3. The molecule has 14 atom stereocenters. The Morgan fingerprint density at radius 3 is 1.44 bits per heavy atom. The van der Waals surface area contributed by atoms with Crippen molar-refractivity contribution < 1.29 is 136 Å². The van der Waals surface area contributed by atoms with Crippen LogP contribution in [-0.4, -0.2) is 279 Å². The molecule has 5 aromatic rings. The number of phenolic OH excluding ortho intramolecular Hbond substituents is 2. The number of nitrogens with one attached hydrogen (secondary N) is 19. The van der Waals surface area contributed by atoms with Gasteiger partial charge in [-0.1, -0.05) is 40.2 Å². The van der Waals surface area contributed by atoms with E-state index in [1.54, 1.807) is 6.92 Å². The lowest BCUT2D eigenvalue weighted by Crippen LogP contribution is -2.62. The number of ether oxygens (including phenoxy) is 2. The van der Waals surface area contributed by atoms with Crippen molar-refractivity contribution in [2.45, 2.75) is 217 Å². The van der Waals surface area contributed by atoms with Crippen molar-refractivity contribution in [3.8, 4) is 23.0 Å². The minimum absolute atomic E-state index is 0.0656. The summed E-state index contributed by atoms with van der Waals surface area (Å²) in [5.41, 5.74) is 17.6. The highest BCUT2D eigenvalue weighted by molar-refractivity contribution is 6.05. The van der Waals surface area contributed by atoms with Gasteiger partial charge in [-0.25, -0.2) is 29.4 Å². The van der Waals surface area contributed by atoms with Gasteiger partial charge in [-0.3, -0.25) is 97.1 Å². The number of imidazole rings is 2. The smallest absolute Gasteiger partial charge is 0.340 e.